The Morgan fingerprint density at radius 3 is 2.65 bits per heavy atom. The Morgan fingerprint density at radius 2 is 1.90 bits per heavy atom. The van der Waals surface area contributed by atoms with Crippen LogP contribution in [0.1, 0.15) is 46.0 Å². The van der Waals surface area contributed by atoms with Gasteiger partial charge < -0.3 is 5.32 Å². The molecular formula is C14H19Cl2N3S. The lowest BCUT2D eigenvalue weighted by atomic mass is 10.1. The lowest BCUT2D eigenvalue weighted by Gasteiger charge is -2.16. The number of nitrogens with zero attached hydrogens (tertiary/aromatic N) is 2. The molecule has 1 heterocycles. The number of anilines is 1. The summed E-state index contributed by atoms with van der Waals surface area (Å²) >= 11 is 13.6. The molecule has 110 valence electrons. The minimum Gasteiger partial charge on any atom is -0.380 e. The van der Waals surface area contributed by atoms with Crippen LogP contribution in [0.5, 0.6) is 0 Å². The van der Waals surface area contributed by atoms with Gasteiger partial charge in [-0.2, -0.15) is 8.75 Å². The van der Waals surface area contributed by atoms with Crippen LogP contribution in [0, 0.1) is 0 Å². The van der Waals surface area contributed by atoms with Crippen molar-refractivity contribution in [3.05, 3.63) is 16.1 Å². The lowest BCUT2D eigenvalue weighted by Crippen LogP contribution is -2.15. The zero-order chi connectivity index (χ0) is 14.5. The summed E-state index contributed by atoms with van der Waals surface area (Å²) in [6, 6.07) is 2.09. The van der Waals surface area contributed by atoms with Gasteiger partial charge in [0, 0.05) is 6.04 Å². The van der Waals surface area contributed by atoms with E-state index in [1.165, 1.54) is 25.7 Å². The highest BCUT2D eigenvalue weighted by Crippen LogP contribution is 2.35. The quantitative estimate of drug-likeness (QED) is 0.654. The average Bonchev–Trinajstić information content (AvgIpc) is 2.89. The number of benzene rings is 1. The van der Waals surface area contributed by atoms with E-state index in [0.29, 0.717) is 16.1 Å². The number of aromatic nitrogens is 2. The molecule has 1 aromatic carbocycles. The largest absolute Gasteiger partial charge is 0.380 e. The number of hydrogen-bond acceptors (Lipinski definition) is 4. The summed E-state index contributed by atoms with van der Waals surface area (Å²) in [4.78, 5) is 0. The van der Waals surface area contributed by atoms with Crippen molar-refractivity contribution < 1.29 is 0 Å². The normalized spacial score (nSPS) is 12.8. The molecule has 0 radical (unpaired) electrons. The van der Waals surface area contributed by atoms with Crippen molar-refractivity contribution in [3.8, 4) is 0 Å². The lowest BCUT2D eigenvalue weighted by molar-refractivity contribution is 0.594. The fraction of sp³-hybridized carbons (Fsp3) is 0.571. The number of unbranched alkanes of at least 4 members (excludes halogenated alkanes) is 3. The van der Waals surface area contributed by atoms with Crippen molar-refractivity contribution in [1.82, 2.24) is 8.75 Å². The number of rotatable bonds is 7. The highest BCUT2D eigenvalue weighted by molar-refractivity contribution is 7.00. The summed E-state index contributed by atoms with van der Waals surface area (Å²) in [6.45, 7) is 4.39. The maximum absolute atomic E-state index is 6.28. The van der Waals surface area contributed by atoms with E-state index in [0.717, 1.165) is 34.9 Å². The minimum atomic E-state index is 0.357. The molecule has 0 aliphatic heterocycles. The van der Waals surface area contributed by atoms with Gasteiger partial charge in [-0.1, -0.05) is 55.8 Å². The van der Waals surface area contributed by atoms with Gasteiger partial charge in [-0.3, -0.25) is 0 Å². The maximum Gasteiger partial charge on any atom is 0.130 e. The molecule has 20 heavy (non-hydrogen) atoms. The van der Waals surface area contributed by atoms with Gasteiger partial charge in [0.15, 0.2) is 0 Å². The first kappa shape index (κ1) is 15.8. The molecule has 1 atom stereocenters. The van der Waals surface area contributed by atoms with E-state index in [4.69, 9.17) is 23.2 Å². The second-order valence-electron chi connectivity index (χ2n) is 5.07. The smallest absolute Gasteiger partial charge is 0.130 e. The summed E-state index contributed by atoms with van der Waals surface area (Å²) in [5.74, 6) is 0. The first-order chi connectivity index (χ1) is 9.63. The second kappa shape index (κ2) is 7.43. The van der Waals surface area contributed by atoms with Gasteiger partial charge >= 0.3 is 0 Å². The van der Waals surface area contributed by atoms with Crippen molar-refractivity contribution in [3.63, 3.8) is 0 Å². The molecule has 0 aliphatic carbocycles. The SMILES string of the molecule is CCCCCCC(C)Nc1c(Cl)cc(Cl)c2nsnc12. The van der Waals surface area contributed by atoms with E-state index in [1.807, 2.05) is 0 Å². The van der Waals surface area contributed by atoms with Crippen molar-refractivity contribution in [2.24, 2.45) is 0 Å². The molecular weight excluding hydrogens is 313 g/mol. The molecule has 1 unspecified atom stereocenters. The maximum atomic E-state index is 6.28. The molecule has 2 aromatic rings. The third-order valence-corrected chi connectivity index (χ3v) is 4.44. The Labute approximate surface area is 134 Å². The molecule has 0 spiro atoms. The van der Waals surface area contributed by atoms with Crippen molar-refractivity contribution in [2.75, 3.05) is 5.32 Å². The van der Waals surface area contributed by atoms with Crippen LogP contribution in [0.15, 0.2) is 6.07 Å². The fourth-order valence-electron chi connectivity index (χ4n) is 2.21. The van der Waals surface area contributed by atoms with Crippen LogP contribution >= 0.6 is 34.9 Å². The summed E-state index contributed by atoms with van der Waals surface area (Å²) in [5, 5.41) is 4.62. The van der Waals surface area contributed by atoms with Crippen molar-refractivity contribution >= 4 is 51.7 Å². The van der Waals surface area contributed by atoms with Gasteiger partial charge in [-0.05, 0) is 19.4 Å². The minimum absolute atomic E-state index is 0.357. The third-order valence-electron chi connectivity index (χ3n) is 3.33. The van der Waals surface area contributed by atoms with Crippen LogP contribution in [0.4, 0.5) is 5.69 Å². The molecule has 0 fully saturated rings. The Bertz CT molecular complexity index is 571. The van der Waals surface area contributed by atoms with Crippen LogP contribution in [0.3, 0.4) is 0 Å². The summed E-state index contributed by atoms with van der Waals surface area (Å²) in [7, 11) is 0. The predicted molar refractivity (Wildman–Crippen MR) is 89.3 cm³/mol. The zero-order valence-corrected chi connectivity index (χ0v) is 14.1. The Kier molecular flexibility index (Phi) is 5.87. The van der Waals surface area contributed by atoms with Gasteiger partial charge in [0.2, 0.25) is 0 Å². The highest BCUT2D eigenvalue weighted by Gasteiger charge is 2.15. The molecule has 1 aromatic heterocycles. The molecule has 3 nitrogen and oxygen atoms in total. The molecule has 0 saturated heterocycles. The number of hydrogen-bond donors (Lipinski definition) is 1. The van der Waals surface area contributed by atoms with E-state index < -0.39 is 0 Å². The van der Waals surface area contributed by atoms with Crippen molar-refractivity contribution in [2.45, 2.75) is 52.0 Å². The third kappa shape index (κ3) is 3.74. The molecule has 0 aliphatic rings. The molecule has 0 amide bonds. The number of halogens is 2. The predicted octanol–water partition coefficient (Wildman–Crippen LogP) is 5.77. The molecule has 0 bridgehead atoms. The number of fused-ring (bicyclic) bond motifs is 1. The monoisotopic (exact) mass is 331 g/mol. The van der Waals surface area contributed by atoms with Crippen molar-refractivity contribution in [1.29, 1.82) is 0 Å². The van der Waals surface area contributed by atoms with Crippen LogP contribution in [-0.2, 0) is 0 Å². The van der Waals surface area contributed by atoms with E-state index in [9.17, 15) is 0 Å². The highest BCUT2D eigenvalue weighted by atomic mass is 35.5. The zero-order valence-electron chi connectivity index (χ0n) is 11.7. The fourth-order valence-corrected chi connectivity index (χ4v) is 3.37. The summed E-state index contributed by atoms with van der Waals surface area (Å²) < 4.78 is 8.52. The Hall–Kier alpha value is -0.580. The Morgan fingerprint density at radius 1 is 1.15 bits per heavy atom. The van der Waals surface area contributed by atoms with Crippen LogP contribution in [0.2, 0.25) is 10.0 Å². The van der Waals surface area contributed by atoms with E-state index >= 15 is 0 Å². The van der Waals surface area contributed by atoms with Crippen LogP contribution < -0.4 is 5.32 Å². The standard InChI is InChI=1S/C14H19Cl2N3S/c1-3-4-5-6-7-9(2)17-12-10(15)8-11(16)13-14(12)19-20-18-13/h8-9,17H,3-7H2,1-2H3. The molecule has 6 heteroatoms. The van der Waals surface area contributed by atoms with Crippen LogP contribution in [-0.4, -0.2) is 14.8 Å². The first-order valence-electron chi connectivity index (χ1n) is 7.00. The average molecular weight is 332 g/mol. The number of nitrogens with one attached hydrogen (secondary N) is 1. The van der Waals surface area contributed by atoms with Gasteiger partial charge in [-0.25, -0.2) is 0 Å². The molecule has 0 saturated carbocycles. The topological polar surface area (TPSA) is 37.8 Å². The first-order valence-corrected chi connectivity index (χ1v) is 8.49. The van der Waals surface area contributed by atoms with Gasteiger partial charge in [0.1, 0.15) is 11.0 Å². The summed E-state index contributed by atoms with van der Waals surface area (Å²) in [5.41, 5.74) is 2.34. The van der Waals surface area contributed by atoms with E-state index in [2.05, 4.69) is 27.9 Å². The summed E-state index contributed by atoms with van der Waals surface area (Å²) in [6.07, 6.45) is 6.19. The van der Waals surface area contributed by atoms with Gasteiger partial charge in [0.25, 0.3) is 0 Å². The second-order valence-corrected chi connectivity index (χ2v) is 6.41. The Balaban J connectivity index is 2.07. The molecule has 1 N–H and O–H groups in total. The van der Waals surface area contributed by atoms with E-state index in [-0.39, 0.29) is 0 Å². The van der Waals surface area contributed by atoms with Crippen LogP contribution in [0.25, 0.3) is 11.0 Å². The van der Waals surface area contributed by atoms with Gasteiger partial charge in [0.05, 0.1) is 27.5 Å². The van der Waals surface area contributed by atoms with Gasteiger partial charge in [-0.15, -0.1) is 0 Å². The molecule has 2 rings (SSSR count). The van der Waals surface area contributed by atoms with E-state index in [1.54, 1.807) is 6.07 Å².